The van der Waals surface area contributed by atoms with E-state index in [0.29, 0.717) is 35.3 Å². The van der Waals surface area contributed by atoms with E-state index < -0.39 is 6.04 Å². The van der Waals surface area contributed by atoms with E-state index in [1.165, 1.54) is 6.33 Å². The van der Waals surface area contributed by atoms with Crippen LogP contribution in [0.25, 0.3) is 0 Å². The molecule has 0 bridgehead atoms. The molecule has 170 valence electrons. The maximum atomic E-state index is 13.5. The van der Waals surface area contributed by atoms with Crippen LogP contribution in [0.3, 0.4) is 0 Å². The molecule has 0 saturated heterocycles. The molecule has 1 aliphatic heterocycles. The Bertz CT molecular complexity index is 1350. The van der Waals surface area contributed by atoms with E-state index in [2.05, 4.69) is 36.6 Å². The second-order valence-electron chi connectivity index (χ2n) is 7.87. The molecule has 34 heavy (non-hydrogen) atoms. The number of halogens is 1. The minimum Gasteiger partial charge on any atom is -0.489 e. The minimum absolute atomic E-state index is 0.226. The molecule has 2 N–H and O–H groups in total. The van der Waals surface area contributed by atoms with Crippen LogP contribution in [-0.2, 0) is 11.4 Å². The first kappa shape index (κ1) is 21.9. The Hall–Kier alpha value is -3.91. The lowest BCUT2D eigenvalue weighted by Crippen LogP contribution is -2.31. The Morgan fingerprint density at radius 3 is 2.59 bits per heavy atom. The van der Waals surface area contributed by atoms with Gasteiger partial charge in [-0.3, -0.25) is 4.79 Å². The quantitative estimate of drug-likeness (QED) is 0.352. The highest BCUT2D eigenvalue weighted by Crippen LogP contribution is 2.40. The van der Waals surface area contributed by atoms with Crippen molar-refractivity contribution >= 4 is 33.5 Å². The summed E-state index contributed by atoms with van der Waals surface area (Å²) < 4.78 is 8.83. The van der Waals surface area contributed by atoms with Crippen molar-refractivity contribution < 1.29 is 9.53 Å². The zero-order valence-electron chi connectivity index (χ0n) is 18.4. The zero-order valence-corrected chi connectivity index (χ0v) is 20.0. The van der Waals surface area contributed by atoms with Crippen LogP contribution in [0.4, 0.5) is 11.6 Å². The molecule has 1 aliphatic rings. The van der Waals surface area contributed by atoms with E-state index in [1.54, 1.807) is 4.68 Å². The van der Waals surface area contributed by atoms with Crippen molar-refractivity contribution in [1.29, 1.82) is 0 Å². The number of carbonyl (C=O) groups excluding carboxylic acids is 1. The van der Waals surface area contributed by atoms with Crippen LogP contribution in [0.5, 0.6) is 5.75 Å². The zero-order chi connectivity index (χ0) is 23.5. The molecule has 2 heterocycles. The average molecular weight is 516 g/mol. The fraction of sp³-hybridized carbons (Fsp3) is 0.115. The highest BCUT2D eigenvalue weighted by atomic mass is 79.9. The molecule has 1 atom stereocenters. The number of carbonyl (C=O) groups is 1. The molecule has 0 saturated carbocycles. The second-order valence-corrected chi connectivity index (χ2v) is 8.79. The van der Waals surface area contributed by atoms with Gasteiger partial charge in [0.05, 0.1) is 5.57 Å². The van der Waals surface area contributed by atoms with E-state index in [0.717, 1.165) is 15.6 Å². The number of anilines is 2. The summed E-state index contributed by atoms with van der Waals surface area (Å²) in [5.74, 6) is 1.00. The number of allylic oxidation sites excluding steroid dienone is 1. The Labute approximate surface area is 205 Å². The lowest BCUT2D eigenvalue weighted by atomic mass is 9.94. The predicted octanol–water partition coefficient (Wildman–Crippen LogP) is 5.55. The number of para-hydroxylation sites is 1. The summed E-state index contributed by atoms with van der Waals surface area (Å²) >= 11 is 3.58. The summed E-state index contributed by atoms with van der Waals surface area (Å²) in [6, 6.07) is 24.6. The first-order valence-corrected chi connectivity index (χ1v) is 11.6. The van der Waals surface area contributed by atoms with Crippen LogP contribution in [0, 0.1) is 0 Å². The van der Waals surface area contributed by atoms with Crippen molar-refractivity contribution in [3.05, 3.63) is 112 Å². The van der Waals surface area contributed by atoms with Crippen LogP contribution >= 0.6 is 15.9 Å². The molecule has 5 rings (SSSR count). The van der Waals surface area contributed by atoms with Gasteiger partial charge in [-0.2, -0.15) is 10.1 Å². The Balaban J connectivity index is 1.56. The van der Waals surface area contributed by atoms with Crippen LogP contribution in [-0.4, -0.2) is 20.7 Å². The van der Waals surface area contributed by atoms with Gasteiger partial charge in [-0.15, -0.1) is 0 Å². The van der Waals surface area contributed by atoms with E-state index in [1.807, 2.05) is 85.8 Å². The van der Waals surface area contributed by atoms with Crippen LogP contribution in [0.2, 0.25) is 0 Å². The number of fused-ring (bicyclic) bond motifs is 1. The molecule has 1 aromatic heterocycles. The number of hydrogen-bond acceptors (Lipinski definition) is 5. The summed E-state index contributed by atoms with van der Waals surface area (Å²) in [5.41, 5.74) is 3.80. The summed E-state index contributed by atoms with van der Waals surface area (Å²) in [5, 5.41) is 10.6. The molecule has 1 amide bonds. The fourth-order valence-corrected chi connectivity index (χ4v) is 4.37. The van der Waals surface area contributed by atoms with E-state index in [4.69, 9.17) is 4.74 Å². The van der Waals surface area contributed by atoms with Crippen LogP contribution < -0.4 is 15.4 Å². The molecule has 0 spiro atoms. The SMILES string of the molecule is CC1=C(C(=O)Nc2ccccc2)[C@@H](c2cc(Br)ccc2OCc2ccccc2)n2ncnc2N1. The first-order valence-electron chi connectivity index (χ1n) is 10.8. The average Bonchev–Trinajstić information content (AvgIpc) is 3.31. The Morgan fingerprint density at radius 1 is 1.09 bits per heavy atom. The summed E-state index contributed by atoms with van der Waals surface area (Å²) in [7, 11) is 0. The van der Waals surface area contributed by atoms with Gasteiger partial charge in [-0.25, -0.2) is 4.68 Å². The molecule has 7 nitrogen and oxygen atoms in total. The predicted molar refractivity (Wildman–Crippen MR) is 134 cm³/mol. The van der Waals surface area contributed by atoms with Gasteiger partial charge < -0.3 is 15.4 Å². The standard InChI is InChI=1S/C26H22BrN5O2/c1-17-23(25(33)31-20-10-6-3-7-11-20)24(32-26(30-17)28-16-29-32)21-14-19(27)12-13-22(21)34-15-18-8-4-2-5-9-18/h2-14,16,24H,15H2,1H3,(H,31,33)(H,28,29,30)/t24-/m1/s1. The summed E-state index contributed by atoms with van der Waals surface area (Å²) in [6.07, 6.45) is 1.48. The van der Waals surface area contributed by atoms with Crippen molar-refractivity contribution in [2.45, 2.75) is 19.6 Å². The third-order valence-electron chi connectivity index (χ3n) is 5.57. The smallest absolute Gasteiger partial charge is 0.255 e. The number of hydrogen-bond donors (Lipinski definition) is 2. The lowest BCUT2D eigenvalue weighted by Gasteiger charge is -2.30. The summed E-state index contributed by atoms with van der Waals surface area (Å²) in [6.45, 7) is 2.27. The van der Waals surface area contributed by atoms with Crippen molar-refractivity contribution in [2.24, 2.45) is 0 Å². The number of aromatic nitrogens is 3. The first-order chi connectivity index (χ1) is 16.6. The highest BCUT2D eigenvalue weighted by molar-refractivity contribution is 9.10. The topological polar surface area (TPSA) is 81.1 Å². The number of nitrogens with one attached hydrogen (secondary N) is 2. The molecule has 0 aliphatic carbocycles. The maximum absolute atomic E-state index is 13.5. The summed E-state index contributed by atoms with van der Waals surface area (Å²) in [4.78, 5) is 17.9. The number of benzene rings is 3. The molecular weight excluding hydrogens is 494 g/mol. The Morgan fingerprint density at radius 2 is 1.82 bits per heavy atom. The lowest BCUT2D eigenvalue weighted by molar-refractivity contribution is -0.113. The third-order valence-corrected chi connectivity index (χ3v) is 6.07. The van der Waals surface area contributed by atoms with Crippen LogP contribution in [0.1, 0.15) is 24.1 Å². The third kappa shape index (κ3) is 4.45. The Kier molecular flexibility index (Phi) is 6.14. The van der Waals surface area contributed by atoms with Crippen LogP contribution in [0.15, 0.2) is 101 Å². The van der Waals surface area contributed by atoms with Crippen molar-refractivity contribution in [2.75, 3.05) is 10.6 Å². The minimum atomic E-state index is -0.536. The van der Waals surface area contributed by atoms with E-state index in [-0.39, 0.29) is 5.91 Å². The van der Waals surface area contributed by atoms with Gasteiger partial charge in [0.1, 0.15) is 24.7 Å². The van der Waals surface area contributed by atoms with E-state index in [9.17, 15) is 4.79 Å². The van der Waals surface area contributed by atoms with Gasteiger partial charge in [0, 0.05) is 21.4 Å². The van der Waals surface area contributed by atoms with Gasteiger partial charge in [-0.1, -0.05) is 64.5 Å². The van der Waals surface area contributed by atoms with Gasteiger partial charge >= 0.3 is 0 Å². The van der Waals surface area contributed by atoms with Crippen molar-refractivity contribution in [1.82, 2.24) is 14.8 Å². The van der Waals surface area contributed by atoms with Gasteiger partial charge in [0.25, 0.3) is 5.91 Å². The second kappa shape index (κ2) is 9.52. The molecule has 0 radical (unpaired) electrons. The number of ether oxygens (including phenoxy) is 1. The maximum Gasteiger partial charge on any atom is 0.255 e. The molecule has 4 aromatic rings. The number of nitrogens with zero attached hydrogens (tertiary/aromatic N) is 3. The van der Waals surface area contributed by atoms with Crippen molar-refractivity contribution in [3.63, 3.8) is 0 Å². The van der Waals surface area contributed by atoms with Gasteiger partial charge in [0.15, 0.2) is 0 Å². The monoisotopic (exact) mass is 515 g/mol. The molecular formula is C26H22BrN5O2. The number of amides is 1. The van der Waals surface area contributed by atoms with E-state index >= 15 is 0 Å². The van der Waals surface area contributed by atoms with Gasteiger partial charge in [0.2, 0.25) is 5.95 Å². The highest BCUT2D eigenvalue weighted by Gasteiger charge is 2.35. The molecule has 0 fully saturated rings. The fourth-order valence-electron chi connectivity index (χ4n) is 3.99. The normalized spacial score (nSPS) is 14.8. The molecule has 0 unspecified atom stereocenters. The largest absolute Gasteiger partial charge is 0.489 e. The molecule has 3 aromatic carbocycles. The molecule has 8 heteroatoms. The van der Waals surface area contributed by atoms with Crippen molar-refractivity contribution in [3.8, 4) is 5.75 Å². The number of rotatable bonds is 6. The van der Waals surface area contributed by atoms with Gasteiger partial charge in [-0.05, 0) is 42.8 Å².